The predicted octanol–water partition coefficient (Wildman–Crippen LogP) is 0.238. The molecule has 0 saturated carbocycles. The number of nitrogens with zero attached hydrogens (tertiary/aromatic N) is 3. The molecule has 196 valence electrons. The molecular weight excluding hydrogens is 450 g/mol. The number of amides is 4. The summed E-state index contributed by atoms with van der Waals surface area (Å²) >= 11 is 0. The summed E-state index contributed by atoms with van der Waals surface area (Å²) in [6, 6.07) is -2.23. The van der Waals surface area contributed by atoms with Gasteiger partial charge in [-0.05, 0) is 57.8 Å². The molecule has 0 aromatic rings. The Hall–Kier alpha value is -2.20. The fraction of sp³-hybridized carbons (Fsp3) is 0.840. The van der Waals surface area contributed by atoms with Gasteiger partial charge in [0.1, 0.15) is 18.1 Å². The molecule has 35 heavy (non-hydrogen) atoms. The fourth-order valence-electron chi connectivity index (χ4n) is 6.08. The average Bonchev–Trinajstić information content (AvgIpc) is 3.41. The van der Waals surface area contributed by atoms with Gasteiger partial charge in [-0.15, -0.1) is 0 Å². The van der Waals surface area contributed by atoms with E-state index in [1.165, 1.54) is 0 Å². The smallest absolute Gasteiger partial charge is 0.246 e. The van der Waals surface area contributed by atoms with Crippen LogP contribution in [0.2, 0.25) is 0 Å². The first-order valence-corrected chi connectivity index (χ1v) is 13.3. The molecule has 4 aliphatic heterocycles. The van der Waals surface area contributed by atoms with Gasteiger partial charge in [-0.2, -0.15) is 0 Å². The van der Waals surface area contributed by atoms with Crippen molar-refractivity contribution in [2.45, 2.75) is 95.4 Å². The highest BCUT2D eigenvalue weighted by Crippen LogP contribution is 2.27. The van der Waals surface area contributed by atoms with E-state index >= 15 is 0 Å². The van der Waals surface area contributed by atoms with E-state index in [-0.39, 0.29) is 35.7 Å². The zero-order chi connectivity index (χ0) is 25.1. The molecule has 10 heteroatoms. The summed E-state index contributed by atoms with van der Waals surface area (Å²) in [5.41, 5.74) is 6.16. The molecule has 10 nitrogen and oxygen atoms in total. The van der Waals surface area contributed by atoms with Crippen molar-refractivity contribution in [1.82, 2.24) is 20.0 Å². The van der Waals surface area contributed by atoms with Crippen molar-refractivity contribution in [3.63, 3.8) is 0 Å². The Kier molecular flexibility index (Phi) is 8.31. The summed E-state index contributed by atoms with van der Waals surface area (Å²) in [6.45, 7) is 6.28. The molecule has 0 spiro atoms. The van der Waals surface area contributed by atoms with Crippen LogP contribution in [0, 0.1) is 5.92 Å². The van der Waals surface area contributed by atoms with Crippen LogP contribution in [0.1, 0.15) is 65.2 Å². The van der Waals surface area contributed by atoms with E-state index < -0.39 is 18.1 Å². The third-order valence-corrected chi connectivity index (χ3v) is 7.90. The summed E-state index contributed by atoms with van der Waals surface area (Å²) in [6.07, 6.45) is 5.20. The molecule has 4 heterocycles. The highest BCUT2D eigenvalue weighted by atomic mass is 16.5. The minimum Gasteiger partial charge on any atom is -0.379 e. The topological polar surface area (TPSA) is 125 Å². The maximum absolute atomic E-state index is 13.6. The lowest BCUT2D eigenvalue weighted by Gasteiger charge is -2.38. The highest BCUT2D eigenvalue weighted by molar-refractivity contribution is 5.94. The number of fused-ring (bicyclic) bond motifs is 3. The molecule has 0 bridgehead atoms. The van der Waals surface area contributed by atoms with Crippen molar-refractivity contribution >= 4 is 23.6 Å². The number of ether oxygens (including phenoxy) is 1. The summed E-state index contributed by atoms with van der Waals surface area (Å²) < 4.78 is 5.89. The number of carbonyl (C=O) groups is 4. The molecule has 6 unspecified atom stereocenters. The molecule has 3 N–H and O–H groups in total. The first-order chi connectivity index (χ1) is 16.8. The van der Waals surface area contributed by atoms with Crippen molar-refractivity contribution in [2.24, 2.45) is 11.7 Å². The first kappa shape index (κ1) is 25.9. The second kappa shape index (κ2) is 11.2. The quantitative estimate of drug-likeness (QED) is 0.500. The molecule has 0 radical (unpaired) electrons. The third kappa shape index (κ3) is 5.80. The van der Waals surface area contributed by atoms with Gasteiger partial charge in [0.25, 0.3) is 0 Å². The lowest BCUT2D eigenvalue weighted by Crippen LogP contribution is -2.59. The van der Waals surface area contributed by atoms with Crippen LogP contribution in [0.4, 0.5) is 0 Å². The number of hydrogen-bond acceptors (Lipinski definition) is 6. The normalized spacial score (nSPS) is 36.3. The molecule has 4 rings (SSSR count). The number of nitrogens with one attached hydrogen (secondary N) is 1. The lowest BCUT2D eigenvalue weighted by molar-refractivity contribution is -0.150. The van der Waals surface area contributed by atoms with Crippen molar-refractivity contribution in [3.05, 3.63) is 0 Å². The van der Waals surface area contributed by atoms with Crippen molar-refractivity contribution in [3.8, 4) is 0 Å². The minimum absolute atomic E-state index is 0.0167. The van der Waals surface area contributed by atoms with Gasteiger partial charge in [-0.25, -0.2) is 0 Å². The number of rotatable bonds is 0. The number of piperidine rings is 1. The molecular formula is C25H41N5O5. The van der Waals surface area contributed by atoms with Crippen molar-refractivity contribution in [1.29, 1.82) is 0 Å². The van der Waals surface area contributed by atoms with Crippen LogP contribution in [0.15, 0.2) is 0 Å². The third-order valence-electron chi connectivity index (χ3n) is 7.90. The second-order valence-electron chi connectivity index (χ2n) is 10.8. The Balaban J connectivity index is 1.55. The van der Waals surface area contributed by atoms with Crippen LogP contribution >= 0.6 is 0 Å². The van der Waals surface area contributed by atoms with Crippen LogP contribution in [-0.4, -0.2) is 101 Å². The van der Waals surface area contributed by atoms with Crippen molar-refractivity contribution < 1.29 is 23.9 Å². The number of hydrogen-bond donors (Lipinski definition) is 2. The highest BCUT2D eigenvalue weighted by Gasteiger charge is 2.44. The van der Waals surface area contributed by atoms with Gasteiger partial charge < -0.3 is 30.5 Å². The van der Waals surface area contributed by atoms with Crippen LogP contribution in [-0.2, 0) is 23.9 Å². The van der Waals surface area contributed by atoms with Crippen molar-refractivity contribution in [2.75, 3.05) is 32.8 Å². The number of nitrogens with two attached hydrogens (primary N) is 1. The molecule has 4 amide bonds. The van der Waals surface area contributed by atoms with E-state index in [9.17, 15) is 19.2 Å². The lowest BCUT2D eigenvalue weighted by atomic mass is 9.99. The van der Waals surface area contributed by atoms with E-state index in [1.807, 2.05) is 4.90 Å². The molecule has 0 aliphatic carbocycles. The Labute approximate surface area is 207 Å². The van der Waals surface area contributed by atoms with Gasteiger partial charge in [0.15, 0.2) is 0 Å². The van der Waals surface area contributed by atoms with E-state index in [2.05, 4.69) is 12.2 Å². The van der Waals surface area contributed by atoms with Gasteiger partial charge in [0.2, 0.25) is 23.6 Å². The number of carbonyl (C=O) groups excluding carboxylic acids is 4. The first-order valence-electron chi connectivity index (χ1n) is 13.3. The van der Waals surface area contributed by atoms with Crippen LogP contribution in [0.25, 0.3) is 0 Å². The second-order valence-corrected chi connectivity index (χ2v) is 10.8. The van der Waals surface area contributed by atoms with Gasteiger partial charge >= 0.3 is 0 Å². The maximum atomic E-state index is 13.6. The van der Waals surface area contributed by atoms with Crippen LogP contribution < -0.4 is 11.1 Å². The van der Waals surface area contributed by atoms with Crippen LogP contribution in [0.5, 0.6) is 0 Å². The SMILES string of the molecule is CC1CC2COCCCCC(=O)N3CC(N)CC3C(=O)N3CCCCC3C(=O)NC(C)C(=O)N2C1. The van der Waals surface area contributed by atoms with E-state index in [4.69, 9.17) is 10.5 Å². The fourth-order valence-corrected chi connectivity index (χ4v) is 6.08. The monoisotopic (exact) mass is 491 g/mol. The minimum atomic E-state index is -0.689. The zero-order valence-corrected chi connectivity index (χ0v) is 21.1. The summed E-state index contributed by atoms with van der Waals surface area (Å²) in [4.78, 5) is 58.3. The van der Waals surface area contributed by atoms with Gasteiger partial charge in [-0.3, -0.25) is 19.2 Å². The van der Waals surface area contributed by atoms with Gasteiger partial charge in [0, 0.05) is 38.7 Å². The molecule has 0 aromatic carbocycles. The Morgan fingerprint density at radius 2 is 1.69 bits per heavy atom. The van der Waals surface area contributed by atoms with E-state index in [1.54, 1.807) is 16.7 Å². The maximum Gasteiger partial charge on any atom is 0.246 e. The molecule has 4 saturated heterocycles. The van der Waals surface area contributed by atoms with Crippen LogP contribution in [0.3, 0.4) is 0 Å². The van der Waals surface area contributed by atoms with Gasteiger partial charge in [-0.1, -0.05) is 6.92 Å². The molecule has 6 atom stereocenters. The average molecular weight is 492 g/mol. The Morgan fingerprint density at radius 3 is 2.49 bits per heavy atom. The van der Waals surface area contributed by atoms with E-state index in [0.717, 1.165) is 25.7 Å². The Bertz CT molecular complexity index is 822. The largest absolute Gasteiger partial charge is 0.379 e. The molecule has 0 aromatic heterocycles. The molecule has 4 fully saturated rings. The molecule has 4 aliphatic rings. The summed E-state index contributed by atoms with van der Waals surface area (Å²) in [5, 5.41) is 2.89. The predicted molar refractivity (Wildman–Crippen MR) is 129 cm³/mol. The standard InChI is InChI=1S/C25H41N5O5/c1-16-11-19-15-35-10-6-4-8-22(31)30-14-18(26)12-21(30)25(34)28-9-5-3-7-20(28)23(32)27-17(2)24(33)29(19)13-16/h16-21H,3-15,26H2,1-2H3,(H,27,32). The van der Waals surface area contributed by atoms with E-state index in [0.29, 0.717) is 64.4 Å². The summed E-state index contributed by atoms with van der Waals surface area (Å²) in [5.74, 6) is -0.313. The zero-order valence-electron chi connectivity index (χ0n) is 21.1. The van der Waals surface area contributed by atoms with Gasteiger partial charge in [0.05, 0.1) is 12.6 Å². The summed E-state index contributed by atoms with van der Waals surface area (Å²) in [7, 11) is 0. The Morgan fingerprint density at radius 1 is 0.886 bits per heavy atom.